The summed E-state index contributed by atoms with van der Waals surface area (Å²) >= 11 is 0. The van der Waals surface area contributed by atoms with E-state index in [4.69, 9.17) is 9.15 Å². The Labute approximate surface area is 215 Å². The van der Waals surface area contributed by atoms with Crippen LogP contribution in [0.15, 0.2) is 64.3 Å². The minimum Gasteiger partial charge on any atom is -0.463 e. The van der Waals surface area contributed by atoms with E-state index >= 15 is 8.78 Å². The molecule has 1 N–H and O–H groups in total. The maximum Gasteiger partial charge on any atom is 0.262 e. The molecule has 8 nitrogen and oxygen atoms in total. The SMILES string of the molecule is Cn1cc2c(-c3cc(F)c(Cn4cc(C(=O)NCC5CCCO5)c5occc5c4=O)c(F)c3)cccc2n1. The maximum absolute atomic E-state index is 15.3. The van der Waals surface area contributed by atoms with Crippen molar-refractivity contribution in [3.8, 4) is 11.1 Å². The number of aryl methyl sites for hydroxylation is 1. The zero-order valence-electron chi connectivity index (χ0n) is 20.5. The number of ether oxygens (including phenoxy) is 1. The molecule has 5 aromatic rings. The Morgan fingerprint density at radius 3 is 2.74 bits per heavy atom. The maximum atomic E-state index is 15.3. The lowest BCUT2D eigenvalue weighted by atomic mass is 9.99. The van der Waals surface area contributed by atoms with Crippen LogP contribution in [0.4, 0.5) is 8.78 Å². The van der Waals surface area contributed by atoms with Gasteiger partial charge in [0.2, 0.25) is 0 Å². The second kappa shape index (κ2) is 9.53. The van der Waals surface area contributed by atoms with Crippen LogP contribution in [0.5, 0.6) is 0 Å². The molecule has 1 aliphatic rings. The summed E-state index contributed by atoms with van der Waals surface area (Å²) in [7, 11) is 1.78. The van der Waals surface area contributed by atoms with Gasteiger partial charge in [-0.25, -0.2) is 8.78 Å². The molecule has 194 valence electrons. The van der Waals surface area contributed by atoms with Gasteiger partial charge in [-0.2, -0.15) is 5.10 Å². The van der Waals surface area contributed by atoms with Gasteiger partial charge in [0.1, 0.15) is 11.6 Å². The van der Waals surface area contributed by atoms with Crippen LogP contribution in [0.25, 0.3) is 33.0 Å². The molecule has 0 bridgehead atoms. The van der Waals surface area contributed by atoms with Crippen LogP contribution in [0.3, 0.4) is 0 Å². The van der Waals surface area contributed by atoms with Crippen LogP contribution in [-0.4, -0.2) is 39.5 Å². The summed E-state index contributed by atoms with van der Waals surface area (Å²) in [5, 5.41) is 8.07. The number of nitrogens with zero attached hydrogens (tertiary/aromatic N) is 3. The number of hydrogen-bond donors (Lipinski definition) is 1. The van der Waals surface area contributed by atoms with Crippen molar-refractivity contribution in [3.05, 3.63) is 88.2 Å². The second-order valence-electron chi connectivity index (χ2n) is 9.44. The van der Waals surface area contributed by atoms with Gasteiger partial charge in [-0.1, -0.05) is 12.1 Å². The molecule has 0 radical (unpaired) electrons. The first-order valence-electron chi connectivity index (χ1n) is 12.3. The van der Waals surface area contributed by atoms with E-state index in [-0.39, 0.29) is 28.2 Å². The van der Waals surface area contributed by atoms with E-state index in [1.807, 2.05) is 6.07 Å². The zero-order valence-corrected chi connectivity index (χ0v) is 20.5. The minimum absolute atomic E-state index is 0.0730. The van der Waals surface area contributed by atoms with Gasteiger partial charge in [0, 0.05) is 43.5 Å². The predicted molar refractivity (Wildman–Crippen MR) is 137 cm³/mol. The largest absolute Gasteiger partial charge is 0.463 e. The van der Waals surface area contributed by atoms with Crippen molar-refractivity contribution in [2.75, 3.05) is 13.2 Å². The van der Waals surface area contributed by atoms with E-state index in [1.54, 1.807) is 30.1 Å². The van der Waals surface area contributed by atoms with E-state index in [0.29, 0.717) is 29.8 Å². The standard InChI is InChI=1S/C28H24F2N4O4/c1-33-13-20-18(5-2-6-25(20)32-33)16-10-23(29)21(24(30)11-16)14-34-15-22(26-19(28(34)36)7-9-38-26)27(35)31-12-17-4-3-8-37-17/h2,5-7,9-11,13,15,17H,3-4,8,12,14H2,1H3,(H,31,35). The Kier molecular flexibility index (Phi) is 6.03. The lowest BCUT2D eigenvalue weighted by molar-refractivity contribution is 0.0857. The first-order valence-corrected chi connectivity index (χ1v) is 12.3. The molecule has 38 heavy (non-hydrogen) atoms. The van der Waals surface area contributed by atoms with E-state index in [9.17, 15) is 9.59 Å². The Morgan fingerprint density at radius 1 is 1.16 bits per heavy atom. The highest BCUT2D eigenvalue weighted by molar-refractivity contribution is 6.04. The molecule has 1 saturated heterocycles. The first-order chi connectivity index (χ1) is 18.4. The van der Waals surface area contributed by atoms with Crippen LogP contribution in [0.1, 0.15) is 28.8 Å². The summed E-state index contributed by atoms with van der Waals surface area (Å²) in [6.07, 6.45) is 6.08. The van der Waals surface area contributed by atoms with Crippen LogP contribution in [0, 0.1) is 11.6 Å². The summed E-state index contributed by atoms with van der Waals surface area (Å²) in [5.74, 6) is -2.07. The number of furan rings is 1. The number of nitrogens with one attached hydrogen (secondary N) is 1. The lowest BCUT2D eigenvalue weighted by Crippen LogP contribution is -2.33. The topological polar surface area (TPSA) is 91.3 Å². The number of pyridine rings is 1. The van der Waals surface area contributed by atoms with E-state index in [0.717, 1.165) is 22.8 Å². The number of aromatic nitrogens is 3. The van der Waals surface area contributed by atoms with Crippen molar-refractivity contribution in [3.63, 3.8) is 0 Å². The molecule has 10 heteroatoms. The molecule has 0 saturated carbocycles. The van der Waals surface area contributed by atoms with Crippen molar-refractivity contribution in [2.24, 2.45) is 7.05 Å². The fraction of sp³-hybridized carbons (Fsp3) is 0.250. The zero-order chi connectivity index (χ0) is 26.4. The van der Waals surface area contributed by atoms with E-state index < -0.39 is 29.6 Å². The molecule has 0 aliphatic carbocycles. The Hall–Kier alpha value is -4.31. The smallest absolute Gasteiger partial charge is 0.262 e. The van der Waals surface area contributed by atoms with Gasteiger partial charge >= 0.3 is 0 Å². The number of carbonyl (C=O) groups excluding carboxylic acids is 1. The molecular formula is C28H24F2N4O4. The number of halogens is 2. The van der Waals surface area contributed by atoms with Gasteiger partial charge in [0.05, 0.1) is 35.4 Å². The summed E-state index contributed by atoms with van der Waals surface area (Å²) in [6.45, 7) is 0.566. The average Bonchev–Trinajstić information content (AvgIpc) is 3.66. The van der Waals surface area contributed by atoms with Crippen molar-refractivity contribution >= 4 is 27.8 Å². The molecule has 4 heterocycles. The summed E-state index contributed by atoms with van der Waals surface area (Å²) in [4.78, 5) is 26.1. The molecule has 6 rings (SSSR count). The first kappa shape index (κ1) is 24.1. The molecule has 3 aromatic heterocycles. The number of fused-ring (bicyclic) bond motifs is 2. The van der Waals surface area contributed by atoms with Crippen molar-refractivity contribution in [2.45, 2.75) is 25.5 Å². The molecule has 1 fully saturated rings. The molecule has 1 atom stereocenters. The van der Waals surface area contributed by atoms with Gasteiger partial charge in [0.25, 0.3) is 11.5 Å². The van der Waals surface area contributed by atoms with E-state index in [2.05, 4.69) is 10.4 Å². The van der Waals surface area contributed by atoms with Gasteiger partial charge in [-0.15, -0.1) is 0 Å². The van der Waals surface area contributed by atoms with Crippen molar-refractivity contribution < 1.29 is 22.7 Å². The molecule has 0 spiro atoms. The van der Waals surface area contributed by atoms with Gasteiger partial charge < -0.3 is 19.0 Å². The third kappa shape index (κ3) is 4.26. The summed E-state index contributed by atoms with van der Waals surface area (Å²) < 4.78 is 44.4. The summed E-state index contributed by atoms with van der Waals surface area (Å²) in [6, 6.07) is 9.31. The Balaban J connectivity index is 1.35. The highest BCUT2D eigenvalue weighted by Crippen LogP contribution is 2.31. The Morgan fingerprint density at radius 2 is 1.97 bits per heavy atom. The fourth-order valence-electron chi connectivity index (χ4n) is 4.99. The van der Waals surface area contributed by atoms with Gasteiger partial charge in [0.15, 0.2) is 5.58 Å². The number of carbonyl (C=O) groups is 1. The number of hydrogen-bond acceptors (Lipinski definition) is 5. The van der Waals surface area contributed by atoms with Crippen LogP contribution in [-0.2, 0) is 18.3 Å². The fourth-order valence-corrected chi connectivity index (χ4v) is 4.99. The third-order valence-electron chi connectivity index (χ3n) is 6.89. The highest BCUT2D eigenvalue weighted by atomic mass is 19.1. The predicted octanol–water partition coefficient (Wildman–Crippen LogP) is 4.38. The second-order valence-corrected chi connectivity index (χ2v) is 9.44. The quantitative estimate of drug-likeness (QED) is 0.360. The van der Waals surface area contributed by atoms with Crippen LogP contribution >= 0.6 is 0 Å². The van der Waals surface area contributed by atoms with E-state index in [1.165, 1.54) is 30.7 Å². The Bertz CT molecular complexity index is 1720. The number of benzene rings is 2. The minimum atomic E-state index is -0.801. The number of rotatable bonds is 6. The molecule has 1 amide bonds. The normalized spacial score (nSPS) is 15.5. The number of amides is 1. The third-order valence-corrected chi connectivity index (χ3v) is 6.89. The van der Waals surface area contributed by atoms with Crippen molar-refractivity contribution in [1.82, 2.24) is 19.7 Å². The van der Waals surface area contributed by atoms with Crippen LogP contribution < -0.4 is 10.9 Å². The monoisotopic (exact) mass is 518 g/mol. The van der Waals surface area contributed by atoms with Gasteiger partial charge in [-0.05, 0) is 48.2 Å². The lowest BCUT2D eigenvalue weighted by Gasteiger charge is -2.14. The summed E-state index contributed by atoms with van der Waals surface area (Å²) in [5.41, 5.74) is 1.12. The molecule has 2 aromatic carbocycles. The highest BCUT2D eigenvalue weighted by Gasteiger charge is 2.22. The average molecular weight is 519 g/mol. The van der Waals surface area contributed by atoms with Gasteiger partial charge in [-0.3, -0.25) is 14.3 Å². The molecular weight excluding hydrogens is 494 g/mol. The molecule has 1 unspecified atom stereocenters. The van der Waals surface area contributed by atoms with Crippen LogP contribution in [0.2, 0.25) is 0 Å². The van der Waals surface area contributed by atoms with Crippen molar-refractivity contribution in [1.29, 1.82) is 0 Å². The molecule has 1 aliphatic heterocycles.